The molecule has 3 rings (SSSR count). The van der Waals surface area contributed by atoms with E-state index in [1.165, 1.54) is 29.8 Å². The van der Waals surface area contributed by atoms with Crippen LogP contribution in [0.4, 0.5) is 0 Å². The van der Waals surface area contributed by atoms with Gasteiger partial charge in [0.15, 0.2) is 11.4 Å². The second-order valence-electron chi connectivity index (χ2n) is 5.29. The van der Waals surface area contributed by atoms with Gasteiger partial charge in [-0.3, -0.25) is 4.57 Å². The van der Waals surface area contributed by atoms with Crippen LogP contribution in [0.3, 0.4) is 0 Å². The summed E-state index contributed by atoms with van der Waals surface area (Å²) in [4.78, 5) is 15.6. The summed E-state index contributed by atoms with van der Waals surface area (Å²) in [6.45, 7) is 1.95. The molecule has 0 saturated heterocycles. The molecule has 1 N–H and O–H groups in total. The zero-order valence-electron chi connectivity index (χ0n) is 13.1. The lowest BCUT2D eigenvalue weighted by Crippen LogP contribution is -2.25. The van der Waals surface area contributed by atoms with Crippen LogP contribution in [0.15, 0.2) is 36.8 Å². The number of rotatable bonds is 6. The lowest BCUT2D eigenvalue weighted by atomic mass is 10.3. The van der Waals surface area contributed by atoms with Crippen molar-refractivity contribution in [2.24, 2.45) is 7.05 Å². The first-order valence-corrected chi connectivity index (χ1v) is 8.73. The van der Waals surface area contributed by atoms with E-state index >= 15 is 0 Å². The van der Waals surface area contributed by atoms with Crippen LogP contribution in [0.1, 0.15) is 18.1 Å². The maximum absolute atomic E-state index is 12.3. The zero-order valence-corrected chi connectivity index (χ0v) is 14.0. The van der Waals surface area contributed by atoms with Crippen molar-refractivity contribution in [3.05, 3.63) is 40.5 Å². The number of benzene rings is 1. The highest BCUT2D eigenvalue weighted by atomic mass is 32.2. The van der Waals surface area contributed by atoms with Crippen LogP contribution in [0.25, 0.3) is 11.1 Å². The molecule has 0 amide bonds. The maximum atomic E-state index is 12.3. The van der Waals surface area contributed by atoms with Gasteiger partial charge < -0.3 is 8.94 Å². The minimum atomic E-state index is -3.68. The molecule has 0 aliphatic heterocycles. The van der Waals surface area contributed by atoms with Crippen molar-refractivity contribution < 1.29 is 17.4 Å². The Morgan fingerprint density at radius 2 is 2.12 bits per heavy atom. The SMILES string of the molecule is Cc1noc(CCCNS(=O)(=O)c2ccc3oc(=O)n(C)c3c2)n1. The number of nitrogens with zero attached hydrogens (tertiary/aromatic N) is 3. The Kier molecular flexibility index (Phi) is 4.24. The summed E-state index contributed by atoms with van der Waals surface area (Å²) in [7, 11) is -2.16. The average Bonchev–Trinajstić information content (AvgIpc) is 3.08. The predicted octanol–water partition coefficient (Wildman–Crippen LogP) is 0.734. The second-order valence-corrected chi connectivity index (χ2v) is 7.06. The fourth-order valence-corrected chi connectivity index (χ4v) is 3.34. The van der Waals surface area contributed by atoms with E-state index in [9.17, 15) is 13.2 Å². The number of nitrogens with one attached hydrogen (secondary N) is 1. The molecule has 2 aromatic heterocycles. The van der Waals surface area contributed by atoms with Gasteiger partial charge in [0, 0.05) is 20.0 Å². The molecule has 24 heavy (non-hydrogen) atoms. The highest BCUT2D eigenvalue weighted by Crippen LogP contribution is 2.17. The lowest BCUT2D eigenvalue weighted by molar-refractivity contribution is 0.372. The van der Waals surface area contributed by atoms with Gasteiger partial charge in [-0.2, -0.15) is 4.98 Å². The molecule has 0 aliphatic rings. The van der Waals surface area contributed by atoms with Gasteiger partial charge in [-0.15, -0.1) is 0 Å². The van der Waals surface area contributed by atoms with E-state index in [2.05, 4.69) is 14.9 Å². The van der Waals surface area contributed by atoms with Crippen molar-refractivity contribution in [1.29, 1.82) is 0 Å². The minimum Gasteiger partial charge on any atom is -0.408 e. The van der Waals surface area contributed by atoms with Crippen LogP contribution in [0.2, 0.25) is 0 Å². The largest absolute Gasteiger partial charge is 0.419 e. The molecule has 0 bridgehead atoms. The molecule has 0 spiro atoms. The number of hydrogen-bond acceptors (Lipinski definition) is 7. The van der Waals surface area contributed by atoms with E-state index in [-0.39, 0.29) is 11.4 Å². The van der Waals surface area contributed by atoms with Gasteiger partial charge in [-0.25, -0.2) is 17.9 Å². The molecule has 0 aliphatic carbocycles. The molecule has 1 aromatic carbocycles. The Hall–Kier alpha value is -2.46. The zero-order chi connectivity index (χ0) is 17.3. The highest BCUT2D eigenvalue weighted by molar-refractivity contribution is 7.89. The smallest absolute Gasteiger partial charge is 0.408 e. The molecule has 3 aromatic rings. The third-order valence-corrected chi connectivity index (χ3v) is 4.96. The molecule has 128 valence electrons. The summed E-state index contributed by atoms with van der Waals surface area (Å²) in [5, 5.41) is 3.67. The van der Waals surface area contributed by atoms with Crippen LogP contribution >= 0.6 is 0 Å². The molecule has 2 heterocycles. The maximum Gasteiger partial charge on any atom is 0.419 e. The highest BCUT2D eigenvalue weighted by Gasteiger charge is 2.16. The molecule has 0 fully saturated rings. The molecule has 0 atom stereocenters. The van der Waals surface area contributed by atoms with Crippen LogP contribution < -0.4 is 10.5 Å². The van der Waals surface area contributed by atoms with Gasteiger partial charge in [0.1, 0.15) is 0 Å². The number of fused-ring (bicyclic) bond motifs is 1. The monoisotopic (exact) mass is 352 g/mol. The summed E-state index contributed by atoms with van der Waals surface area (Å²) in [5.41, 5.74) is 0.762. The summed E-state index contributed by atoms with van der Waals surface area (Å²) in [6, 6.07) is 4.27. The van der Waals surface area contributed by atoms with E-state index < -0.39 is 15.8 Å². The molecular formula is C14H16N4O5S. The molecule has 0 unspecified atom stereocenters. The minimum absolute atomic E-state index is 0.0695. The van der Waals surface area contributed by atoms with E-state index in [4.69, 9.17) is 8.94 Å². The first-order chi connectivity index (χ1) is 11.4. The van der Waals surface area contributed by atoms with Crippen molar-refractivity contribution in [3.63, 3.8) is 0 Å². The van der Waals surface area contributed by atoms with Crippen molar-refractivity contribution in [2.75, 3.05) is 6.54 Å². The first-order valence-electron chi connectivity index (χ1n) is 7.25. The Balaban J connectivity index is 1.68. The van der Waals surface area contributed by atoms with E-state index in [0.29, 0.717) is 35.7 Å². The van der Waals surface area contributed by atoms with E-state index in [1.54, 1.807) is 6.92 Å². The molecule has 9 nitrogen and oxygen atoms in total. The lowest BCUT2D eigenvalue weighted by Gasteiger charge is -2.06. The van der Waals surface area contributed by atoms with E-state index in [0.717, 1.165) is 0 Å². The Bertz CT molecular complexity index is 1030. The Morgan fingerprint density at radius 1 is 1.33 bits per heavy atom. The summed E-state index contributed by atoms with van der Waals surface area (Å²) in [6.07, 6.45) is 1.01. The second kappa shape index (κ2) is 6.21. The van der Waals surface area contributed by atoms with Gasteiger partial charge in [0.05, 0.1) is 10.4 Å². The quantitative estimate of drug-likeness (QED) is 0.649. The van der Waals surface area contributed by atoms with Crippen LogP contribution in [-0.2, 0) is 23.5 Å². The summed E-state index contributed by atoms with van der Waals surface area (Å²) < 4.78 is 38.4. The summed E-state index contributed by atoms with van der Waals surface area (Å²) >= 11 is 0. The fourth-order valence-electron chi connectivity index (χ4n) is 2.24. The molecular weight excluding hydrogens is 336 g/mol. The van der Waals surface area contributed by atoms with Crippen molar-refractivity contribution in [2.45, 2.75) is 24.7 Å². The van der Waals surface area contributed by atoms with E-state index in [1.807, 2.05) is 0 Å². The fraction of sp³-hybridized carbons (Fsp3) is 0.357. The Morgan fingerprint density at radius 3 is 2.83 bits per heavy atom. The van der Waals surface area contributed by atoms with Gasteiger partial charge >= 0.3 is 5.76 Å². The third-order valence-electron chi connectivity index (χ3n) is 3.50. The number of aryl methyl sites for hydroxylation is 3. The van der Waals surface area contributed by atoms with Gasteiger partial charge in [0.25, 0.3) is 0 Å². The van der Waals surface area contributed by atoms with Gasteiger partial charge in [0.2, 0.25) is 15.9 Å². The number of sulfonamides is 1. The molecule has 10 heteroatoms. The standard InChI is InChI=1S/C14H16N4O5S/c1-9-16-13(23-17-9)4-3-7-15-24(20,21)10-5-6-12-11(8-10)18(2)14(19)22-12/h5-6,8,15H,3-4,7H2,1-2H3. The van der Waals surface area contributed by atoms with Crippen molar-refractivity contribution >= 4 is 21.1 Å². The Labute approximate surface area is 137 Å². The number of hydrogen-bond donors (Lipinski definition) is 1. The number of oxazole rings is 1. The van der Waals surface area contributed by atoms with Crippen LogP contribution in [0.5, 0.6) is 0 Å². The molecule has 0 saturated carbocycles. The summed E-state index contributed by atoms with van der Waals surface area (Å²) in [5.74, 6) is 0.480. The normalized spacial score (nSPS) is 12.1. The van der Waals surface area contributed by atoms with Gasteiger partial charge in [-0.05, 0) is 31.5 Å². The van der Waals surface area contributed by atoms with Crippen molar-refractivity contribution in [3.8, 4) is 0 Å². The van der Waals surface area contributed by atoms with Crippen molar-refractivity contribution in [1.82, 2.24) is 19.4 Å². The van der Waals surface area contributed by atoms with Crippen LogP contribution in [-0.4, -0.2) is 29.7 Å². The molecule has 0 radical (unpaired) electrons. The van der Waals surface area contributed by atoms with Crippen LogP contribution in [0, 0.1) is 6.92 Å². The predicted molar refractivity (Wildman–Crippen MR) is 84.0 cm³/mol. The number of aromatic nitrogens is 3. The first kappa shape index (κ1) is 16.4. The topological polar surface area (TPSA) is 120 Å². The third kappa shape index (κ3) is 3.24. The van der Waals surface area contributed by atoms with Gasteiger partial charge in [-0.1, -0.05) is 5.16 Å². The average molecular weight is 352 g/mol.